The van der Waals surface area contributed by atoms with Gasteiger partial charge in [-0.05, 0) is 19.8 Å². The van der Waals surface area contributed by atoms with E-state index in [1.54, 1.807) is 11.8 Å². The molecule has 0 unspecified atom stereocenters. The second-order valence-corrected chi connectivity index (χ2v) is 6.24. The summed E-state index contributed by atoms with van der Waals surface area (Å²) in [5, 5.41) is 9.06. The zero-order valence-corrected chi connectivity index (χ0v) is 13.6. The highest BCUT2D eigenvalue weighted by molar-refractivity contribution is 7.98. The molecule has 0 saturated heterocycles. The molecule has 110 valence electrons. The van der Waals surface area contributed by atoms with Gasteiger partial charge in [0.05, 0.1) is 11.4 Å². The summed E-state index contributed by atoms with van der Waals surface area (Å²) in [6, 6.07) is 0. The van der Waals surface area contributed by atoms with Crippen molar-refractivity contribution in [1.82, 2.24) is 19.7 Å². The fraction of sp³-hybridized carbons (Fsp3) is 0.643. The van der Waals surface area contributed by atoms with Crippen LogP contribution in [0, 0.1) is 19.8 Å². The summed E-state index contributed by atoms with van der Waals surface area (Å²) in [6.07, 6.45) is 0.776. The van der Waals surface area contributed by atoms with Gasteiger partial charge in [-0.3, -0.25) is 0 Å². The number of imidazole rings is 1. The summed E-state index contributed by atoms with van der Waals surface area (Å²) in [4.78, 5) is 4.64. The summed E-state index contributed by atoms with van der Waals surface area (Å²) in [7, 11) is 0. The number of hydrogen-bond donors (Lipinski definition) is 0. The molecule has 0 aliphatic rings. The first-order chi connectivity index (χ1) is 9.51. The van der Waals surface area contributed by atoms with Crippen molar-refractivity contribution in [3.05, 3.63) is 23.2 Å². The van der Waals surface area contributed by atoms with Crippen LogP contribution in [0.4, 0.5) is 0 Å². The Hall–Kier alpha value is -1.30. The molecule has 0 atom stereocenters. The standard InChI is InChI=1S/C14H22N4OS/c1-6-12-16-17-13(19-12)8-20-14-15-10(4)11(5)18(14)7-9(2)3/h9H,6-8H2,1-5H3. The number of rotatable bonds is 6. The predicted molar refractivity (Wildman–Crippen MR) is 79.8 cm³/mol. The monoisotopic (exact) mass is 294 g/mol. The maximum absolute atomic E-state index is 5.53. The molecule has 2 aromatic rings. The van der Waals surface area contributed by atoms with Crippen LogP contribution >= 0.6 is 11.8 Å². The lowest BCUT2D eigenvalue weighted by atomic mass is 10.2. The summed E-state index contributed by atoms with van der Waals surface area (Å²) in [5.41, 5.74) is 2.33. The Morgan fingerprint density at radius 2 is 1.90 bits per heavy atom. The Balaban J connectivity index is 2.10. The largest absolute Gasteiger partial charge is 0.424 e. The SMILES string of the molecule is CCc1nnc(CSc2nc(C)c(C)n2CC(C)C)o1. The average molecular weight is 294 g/mol. The fourth-order valence-electron chi connectivity index (χ4n) is 1.93. The minimum atomic E-state index is 0.594. The van der Waals surface area contributed by atoms with E-state index < -0.39 is 0 Å². The maximum atomic E-state index is 5.53. The quantitative estimate of drug-likeness (QED) is 0.764. The van der Waals surface area contributed by atoms with Crippen LogP contribution in [-0.2, 0) is 18.7 Å². The fourth-order valence-corrected chi connectivity index (χ4v) is 2.87. The van der Waals surface area contributed by atoms with Crippen LogP contribution in [0.3, 0.4) is 0 Å². The summed E-state index contributed by atoms with van der Waals surface area (Å²) < 4.78 is 7.81. The molecule has 20 heavy (non-hydrogen) atoms. The van der Waals surface area contributed by atoms with Crippen molar-refractivity contribution in [2.75, 3.05) is 0 Å². The molecule has 0 bridgehead atoms. The lowest BCUT2D eigenvalue weighted by Crippen LogP contribution is -2.07. The van der Waals surface area contributed by atoms with E-state index in [9.17, 15) is 0 Å². The molecule has 2 aromatic heterocycles. The van der Waals surface area contributed by atoms with Gasteiger partial charge in [0.25, 0.3) is 0 Å². The van der Waals surface area contributed by atoms with Crippen molar-refractivity contribution in [3.63, 3.8) is 0 Å². The Labute approximate surface area is 124 Å². The number of hydrogen-bond acceptors (Lipinski definition) is 5. The molecular weight excluding hydrogens is 272 g/mol. The van der Waals surface area contributed by atoms with Gasteiger partial charge in [0.15, 0.2) is 5.16 Å². The maximum Gasteiger partial charge on any atom is 0.226 e. The molecule has 5 nitrogen and oxygen atoms in total. The highest BCUT2D eigenvalue weighted by Gasteiger charge is 2.14. The van der Waals surface area contributed by atoms with Gasteiger partial charge in [0, 0.05) is 18.7 Å². The summed E-state index contributed by atoms with van der Waals surface area (Å²) in [6.45, 7) is 11.6. The van der Waals surface area contributed by atoms with E-state index >= 15 is 0 Å². The third-order valence-corrected chi connectivity index (χ3v) is 4.07. The van der Waals surface area contributed by atoms with Crippen molar-refractivity contribution in [2.24, 2.45) is 5.92 Å². The Bertz CT molecular complexity index is 574. The van der Waals surface area contributed by atoms with Crippen LogP contribution in [-0.4, -0.2) is 19.7 Å². The zero-order valence-electron chi connectivity index (χ0n) is 12.8. The normalized spacial score (nSPS) is 11.5. The molecular formula is C14H22N4OS. The van der Waals surface area contributed by atoms with Gasteiger partial charge in [0.2, 0.25) is 11.8 Å². The van der Waals surface area contributed by atoms with Gasteiger partial charge >= 0.3 is 0 Å². The summed E-state index contributed by atoms with van der Waals surface area (Å²) >= 11 is 1.66. The van der Waals surface area contributed by atoms with Crippen molar-refractivity contribution in [3.8, 4) is 0 Å². The molecule has 0 spiro atoms. The van der Waals surface area contributed by atoms with Crippen LogP contribution < -0.4 is 0 Å². The lowest BCUT2D eigenvalue weighted by molar-refractivity contribution is 0.468. The third-order valence-electron chi connectivity index (χ3n) is 3.11. The molecule has 0 saturated carbocycles. The number of thioether (sulfide) groups is 1. The predicted octanol–water partition coefficient (Wildman–Crippen LogP) is 3.39. The van der Waals surface area contributed by atoms with E-state index in [-0.39, 0.29) is 0 Å². The van der Waals surface area contributed by atoms with Gasteiger partial charge in [-0.25, -0.2) is 4.98 Å². The molecule has 6 heteroatoms. The van der Waals surface area contributed by atoms with E-state index in [1.807, 2.05) is 6.92 Å². The molecule has 0 aliphatic heterocycles. The molecule has 0 fully saturated rings. The second-order valence-electron chi connectivity index (χ2n) is 5.30. The van der Waals surface area contributed by atoms with E-state index in [0.29, 0.717) is 23.5 Å². The van der Waals surface area contributed by atoms with Gasteiger partial charge in [-0.1, -0.05) is 32.5 Å². The number of aryl methyl sites for hydroxylation is 2. The molecule has 2 heterocycles. The molecule has 0 N–H and O–H groups in total. The smallest absolute Gasteiger partial charge is 0.226 e. The molecule has 0 amide bonds. The molecule has 0 aliphatic carbocycles. The van der Waals surface area contributed by atoms with Crippen molar-refractivity contribution >= 4 is 11.8 Å². The van der Waals surface area contributed by atoms with E-state index in [0.717, 1.165) is 23.8 Å². The highest BCUT2D eigenvalue weighted by atomic mass is 32.2. The molecule has 2 rings (SSSR count). The van der Waals surface area contributed by atoms with Gasteiger partial charge in [-0.15, -0.1) is 10.2 Å². The minimum absolute atomic E-state index is 0.594. The topological polar surface area (TPSA) is 56.7 Å². The average Bonchev–Trinajstić information content (AvgIpc) is 2.96. The van der Waals surface area contributed by atoms with Crippen LogP contribution in [0.25, 0.3) is 0 Å². The zero-order chi connectivity index (χ0) is 14.7. The van der Waals surface area contributed by atoms with Crippen molar-refractivity contribution in [2.45, 2.75) is 58.5 Å². The molecule has 0 aromatic carbocycles. The van der Waals surface area contributed by atoms with E-state index in [2.05, 4.69) is 47.4 Å². The van der Waals surface area contributed by atoms with E-state index in [4.69, 9.17) is 4.42 Å². The third kappa shape index (κ3) is 3.42. The first-order valence-corrected chi connectivity index (χ1v) is 7.97. The minimum Gasteiger partial charge on any atom is -0.424 e. The van der Waals surface area contributed by atoms with Gasteiger partial charge in [-0.2, -0.15) is 0 Å². The van der Waals surface area contributed by atoms with E-state index in [1.165, 1.54) is 5.69 Å². The van der Waals surface area contributed by atoms with Gasteiger partial charge < -0.3 is 8.98 Å². The first kappa shape index (κ1) is 15.1. The van der Waals surface area contributed by atoms with Crippen molar-refractivity contribution < 1.29 is 4.42 Å². The van der Waals surface area contributed by atoms with Crippen LogP contribution in [0.2, 0.25) is 0 Å². The Morgan fingerprint density at radius 1 is 1.20 bits per heavy atom. The van der Waals surface area contributed by atoms with Crippen LogP contribution in [0.5, 0.6) is 0 Å². The number of aromatic nitrogens is 4. The second kappa shape index (κ2) is 6.43. The lowest BCUT2D eigenvalue weighted by Gasteiger charge is -2.11. The Kier molecular flexibility index (Phi) is 4.86. The Morgan fingerprint density at radius 3 is 2.50 bits per heavy atom. The summed E-state index contributed by atoms with van der Waals surface area (Å²) in [5.74, 6) is 2.62. The number of nitrogens with zero attached hydrogens (tertiary/aromatic N) is 4. The van der Waals surface area contributed by atoms with Crippen LogP contribution in [0.15, 0.2) is 9.57 Å². The molecule has 0 radical (unpaired) electrons. The van der Waals surface area contributed by atoms with Gasteiger partial charge in [0.1, 0.15) is 0 Å². The highest BCUT2D eigenvalue weighted by Crippen LogP contribution is 2.25. The van der Waals surface area contributed by atoms with Crippen molar-refractivity contribution in [1.29, 1.82) is 0 Å². The van der Waals surface area contributed by atoms with Crippen LogP contribution in [0.1, 0.15) is 43.9 Å². The first-order valence-electron chi connectivity index (χ1n) is 6.99.